The van der Waals surface area contributed by atoms with Crippen molar-refractivity contribution in [3.05, 3.63) is 58.7 Å². The molecule has 31 heavy (non-hydrogen) atoms. The lowest BCUT2D eigenvalue weighted by atomic mass is 10.2. The average molecular weight is 470 g/mol. The highest BCUT2D eigenvalue weighted by molar-refractivity contribution is 7.89. The molecule has 0 atom stereocenters. The first-order valence-corrected chi connectivity index (χ1v) is 10.6. The zero-order valence-corrected chi connectivity index (χ0v) is 18.2. The number of hydrogen-bond acceptors (Lipinski definition) is 7. The van der Waals surface area contributed by atoms with Crippen molar-refractivity contribution >= 4 is 44.8 Å². The molecule has 0 saturated carbocycles. The number of sulfonamides is 1. The van der Waals surface area contributed by atoms with E-state index in [9.17, 15) is 17.2 Å². The van der Waals surface area contributed by atoms with E-state index in [2.05, 4.69) is 15.3 Å². The summed E-state index contributed by atoms with van der Waals surface area (Å²) >= 11 is 6.14. The van der Waals surface area contributed by atoms with E-state index in [4.69, 9.17) is 21.5 Å². The van der Waals surface area contributed by atoms with E-state index in [1.54, 1.807) is 25.2 Å². The summed E-state index contributed by atoms with van der Waals surface area (Å²) in [7, 11) is -1.24. The first-order chi connectivity index (χ1) is 14.5. The van der Waals surface area contributed by atoms with Gasteiger partial charge in [0.1, 0.15) is 16.5 Å². The second-order valence-electron chi connectivity index (χ2n) is 6.52. The quantitative estimate of drug-likeness (QED) is 0.563. The molecule has 3 rings (SSSR count). The highest BCUT2D eigenvalue weighted by Gasteiger charge is 2.19. The Morgan fingerprint density at radius 1 is 1.23 bits per heavy atom. The van der Waals surface area contributed by atoms with Crippen LogP contribution >= 0.6 is 11.6 Å². The fraction of sp³-hybridized carbons (Fsp3) is 0.158. The highest BCUT2D eigenvalue weighted by Crippen LogP contribution is 2.32. The third-order valence-corrected chi connectivity index (χ3v) is 5.56. The third kappa shape index (κ3) is 4.84. The van der Waals surface area contributed by atoms with Crippen LogP contribution < -0.4 is 20.1 Å². The van der Waals surface area contributed by atoms with Crippen molar-refractivity contribution in [2.75, 3.05) is 24.4 Å². The van der Waals surface area contributed by atoms with Crippen molar-refractivity contribution in [1.82, 2.24) is 9.97 Å². The summed E-state index contributed by atoms with van der Waals surface area (Å²) in [6, 6.07) is 7.24. The first-order valence-electron chi connectivity index (χ1n) is 8.71. The fourth-order valence-corrected chi connectivity index (χ4v) is 3.74. The number of nitrogens with zero attached hydrogens (tertiary/aromatic N) is 3. The minimum Gasteiger partial charge on any atom is -0.495 e. The summed E-state index contributed by atoms with van der Waals surface area (Å²) in [6.07, 6.45) is 0.948. The summed E-state index contributed by atoms with van der Waals surface area (Å²) in [5, 5.41) is 8.14. The number of halogens is 3. The Labute approximate surface area is 182 Å². The summed E-state index contributed by atoms with van der Waals surface area (Å²) in [4.78, 5) is 8.76. The maximum absolute atomic E-state index is 14.4. The van der Waals surface area contributed by atoms with E-state index in [1.165, 1.54) is 25.0 Å². The number of aryl methyl sites for hydroxylation is 1. The molecule has 164 valence electrons. The van der Waals surface area contributed by atoms with Gasteiger partial charge >= 0.3 is 0 Å². The molecule has 0 aliphatic rings. The number of primary sulfonamides is 1. The van der Waals surface area contributed by atoms with Crippen LogP contribution in [0.1, 0.15) is 5.56 Å². The molecule has 0 fully saturated rings. The minimum absolute atomic E-state index is 0.0429. The van der Waals surface area contributed by atoms with E-state index in [0.29, 0.717) is 16.5 Å². The molecule has 3 aromatic rings. The molecule has 0 bridgehead atoms. The van der Waals surface area contributed by atoms with Gasteiger partial charge in [-0.25, -0.2) is 27.3 Å². The van der Waals surface area contributed by atoms with Crippen LogP contribution in [-0.4, -0.2) is 32.5 Å². The Hall–Kier alpha value is -3.02. The maximum atomic E-state index is 14.4. The molecule has 0 aliphatic heterocycles. The predicted octanol–water partition coefficient (Wildman–Crippen LogP) is 3.88. The van der Waals surface area contributed by atoms with Crippen molar-refractivity contribution in [3.63, 3.8) is 0 Å². The summed E-state index contributed by atoms with van der Waals surface area (Å²) in [5.74, 6) is -1.33. The number of aromatic nitrogens is 2. The van der Waals surface area contributed by atoms with Crippen molar-refractivity contribution in [2.24, 2.45) is 5.14 Å². The second kappa shape index (κ2) is 8.61. The molecule has 0 amide bonds. The van der Waals surface area contributed by atoms with Gasteiger partial charge < -0.3 is 15.0 Å². The summed E-state index contributed by atoms with van der Waals surface area (Å²) in [6.45, 7) is 1.38. The standard InChI is InChI=1S/C19H18ClF2N5O3S/c1-10-6-11(7-16(17(10)22)31(23,28)29)25-19-24-9-14(21)18(26-19)27(2)12-4-5-15(30-3)13(20)8-12/h4-9H,1-3H3,(H2,23,28,29)(H,24,25,26). The molecule has 3 N–H and O–H groups in total. The molecular formula is C19H18ClF2N5O3S. The van der Waals surface area contributed by atoms with Crippen LogP contribution in [0.25, 0.3) is 0 Å². The number of anilines is 4. The molecular weight excluding hydrogens is 452 g/mol. The normalized spacial score (nSPS) is 11.3. The lowest BCUT2D eigenvalue weighted by molar-refractivity contribution is 0.415. The first kappa shape index (κ1) is 22.7. The molecule has 0 aliphatic carbocycles. The zero-order chi connectivity index (χ0) is 22.9. The van der Waals surface area contributed by atoms with E-state index in [0.717, 1.165) is 12.3 Å². The number of hydrogen-bond donors (Lipinski definition) is 2. The summed E-state index contributed by atoms with van der Waals surface area (Å²) in [5.41, 5.74) is 0.737. The van der Waals surface area contributed by atoms with Gasteiger partial charge in [0, 0.05) is 18.4 Å². The smallest absolute Gasteiger partial charge is 0.241 e. The van der Waals surface area contributed by atoms with Crippen LogP contribution in [0.3, 0.4) is 0 Å². The van der Waals surface area contributed by atoms with Gasteiger partial charge in [-0.2, -0.15) is 4.98 Å². The molecule has 12 heteroatoms. The minimum atomic E-state index is -4.29. The molecule has 1 heterocycles. The number of rotatable bonds is 6. The number of nitrogens with one attached hydrogen (secondary N) is 1. The van der Waals surface area contributed by atoms with E-state index < -0.39 is 26.6 Å². The van der Waals surface area contributed by atoms with Crippen LogP contribution in [0, 0.1) is 18.6 Å². The number of nitrogens with two attached hydrogens (primary N) is 1. The largest absolute Gasteiger partial charge is 0.495 e. The third-order valence-electron chi connectivity index (χ3n) is 4.35. The number of methoxy groups -OCH3 is 1. The van der Waals surface area contributed by atoms with Crippen LogP contribution in [0.15, 0.2) is 41.4 Å². The lowest BCUT2D eigenvalue weighted by Crippen LogP contribution is -2.16. The van der Waals surface area contributed by atoms with Gasteiger partial charge in [0.05, 0.1) is 18.3 Å². The summed E-state index contributed by atoms with van der Waals surface area (Å²) < 4.78 is 56.9. The van der Waals surface area contributed by atoms with E-state index in [-0.39, 0.29) is 23.0 Å². The number of benzene rings is 2. The Bertz CT molecular complexity index is 1260. The Kier molecular flexibility index (Phi) is 6.30. The van der Waals surface area contributed by atoms with Crippen LogP contribution in [0.5, 0.6) is 5.75 Å². The van der Waals surface area contributed by atoms with Crippen molar-refractivity contribution in [3.8, 4) is 5.75 Å². The second-order valence-corrected chi connectivity index (χ2v) is 8.46. The van der Waals surface area contributed by atoms with Gasteiger partial charge in [0.25, 0.3) is 0 Å². The van der Waals surface area contributed by atoms with Crippen LogP contribution in [-0.2, 0) is 10.0 Å². The predicted molar refractivity (Wildman–Crippen MR) is 114 cm³/mol. The zero-order valence-electron chi connectivity index (χ0n) is 16.6. The molecule has 0 spiro atoms. The van der Waals surface area contributed by atoms with Crippen molar-refractivity contribution in [2.45, 2.75) is 11.8 Å². The average Bonchev–Trinajstić information content (AvgIpc) is 2.70. The van der Waals surface area contributed by atoms with Gasteiger partial charge in [-0.05, 0) is 42.8 Å². The van der Waals surface area contributed by atoms with Gasteiger partial charge in [-0.3, -0.25) is 0 Å². The van der Waals surface area contributed by atoms with E-state index in [1.807, 2.05) is 0 Å². The Morgan fingerprint density at radius 3 is 2.55 bits per heavy atom. The Morgan fingerprint density at radius 2 is 1.94 bits per heavy atom. The van der Waals surface area contributed by atoms with Gasteiger partial charge in [-0.1, -0.05) is 11.6 Å². The molecule has 1 aromatic heterocycles. The van der Waals surface area contributed by atoms with Gasteiger partial charge in [0.15, 0.2) is 11.6 Å². The van der Waals surface area contributed by atoms with Crippen molar-refractivity contribution in [1.29, 1.82) is 0 Å². The van der Waals surface area contributed by atoms with E-state index >= 15 is 0 Å². The lowest BCUT2D eigenvalue weighted by Gasteiger charge is -2.20. The highest BCUT2D eigenvalue weighted by atomic mass is 35.5. The molecule has 8 nitrogen and oxygen atoms in total. The van der Waals surface area contributed by atoms with Crippen molar-refractivity contribution < 1.29 is 21.9 Å². The molecule has 0 unspecified atom stereocenters. The monoisotopic (exact) mass is 469 g/mol. The number of ether oxygens (including phenoxy) is 1. The Balaban J connectivity index is 1.97. The molecule has 0 saturated heterocycles. The van der Waals surface area contributed by atoms with Crippen LogP contribution in [0.4, 0.5) is 31.9 Å². The van der Waals surface area contributed by atoms with Gasteiger partial charge in [0.2, 0.25) is 16.0 Å². The SMILES string of the molecule is COc1ccc(N(C)c2nc(Nc3cc(C)c(F)c(S(N)(=O)=O)c3)ncc2F)cc1Cl. The van der Waals surface area contributed by atoms with Crippen LogP contribution in [0.2, 0.25) is 5.02 Å². The fourth-order valence-electron chi connectivity index (χ4n) is 2.79. The maximum Gasteiger partial charge on any atom is 0.241 e. The van der Waals surface area contributed by atoms with Gasteiger partial charge in [-0.15, -0.1) is 0 Å². The molecule has 0 radical (unpaired) electrons. The topological polar surface area (TPSA) is 110 Å². The molecule has 2 aromatic carbocycles.